The van der Waals surface area contributed by atoms with Crippen molar-refractivity contribution in [3.63, 3.8) is 0 Å². The van der Waals surface area contributed by atoms with E-state index >= 15 is 0 Å². The summed E-state index contributed by atoms with van der Waals surface area (Å²) < 4.78 is 31.0. The van der Waals surface area contributed by atoms with E-state index < -0.39 is 14.9 Å². The van der Waals surface area contributed by atoms with Gasteiger partial charge in [-0.1, -0.05) is 16.8 Å². The number of hydrogen-bond donors (Lipinski definition) is 1. The van der Waals surface area contributed by atoms with Crippen molar-refractivity contribution in [3.05, 3.63) is 45.2 Å². The molecular weight excluding hydrogens is 310 g/mol. The SMILES string of the molecule is Cc1cc(NS(=O)(=O)c2ccc([N+](=O)[O-])cc2Cl)no1. The van der Waals surface area contributed by atoms with E-state index in [1.165, 1.54) is 6.07 Å². The second kappa shape index (κ2) is 5.10. The Balaban J connectivity index is 2.37. The van der Waals surface area contributed by atoms with E-state index in [0.29, 0.717) is 5.76 Å². The highest BCUT2D eigenvalue weighted by molar-refractivity contribution is 7.92. The molecule has 20 heavy (non-hydrogen) atoms. The summed E-state index contributed by atoms with van der Waals surface area (Å²) in [7, 11) is -4.00. The van der Waals surface area contributed by atoms with Gasteiger partial charge in [-0.15, -0.1) is 0 Å². The van der Waals surface area contributed by atoms with Crippen molar-refractivity contribution >= 4 is 33.1 Å². The molecule has 106 valence electrons. The van der Waals surface area contributed by atoms with Crippen molar-refractivity contribution in [2.45, 2.75) is 11.8 Å². The number of aromatic nitrogens is 1. The zero-order chi connectivity index (χ0) is 14.9. The third kappa shape index (κ3) is 2.89. The molecule has 0 unspecified atom stereocenters. The van der Waals surface area contributed by atoms with Crippen molar-refractivity contribution in [2.24, 2.45) is 0 Å². The van der Waals surface area contributed by atoms with Gasteiger partial charge in [0.15, 0.2) is 5.82 Å². The predicted molar refractivity (Wildman–Crippen MR) is 70.2 cm³/mol. The van der Waals surface area contributed by atoms with E-state index in [4.69, 9.17) is 16.1 Å². The highest BCUT2D eigenvalue weighted by Gasteiger charge is 2.21. The number of aryl methyl sites for hydroxylation is 1. The van der Waals surface area contributed by atoms with Gasteiger partial charge in [-0.25, -0.2) is 8.42 Å². The monoisotopic (exact) mass is 317 g/mol. The number of anilines is 1. The molecule has 0 spiro atoms. The fraction of sp³-hybridized carbons (Fsp3) is 0.100. The molecular formula is C10H8ClN3O5S. The highest BCUT2D eigenvalue weighted by atomic mass is 35.5. The molecule has 0 saturated heterocycles. The van der Waals surface area contributed by atoms with Crippen molar-refractivity contribution in [1.82, 2.24) is 5.16 Å². The summed E-state index contributed by atoms with van der Waals surface area (Å²) in [5.41, 5.74) is -0.300. The van der Waals surface area contributed by atoms with Gasteiger partial charge in [0.25, 0.3) is 15.7 Å². The Labute approximate surface area is 118 Å². The van der Waals surface area contributed by atoms with E-state index in [2.05, 4.69) is 9.88 Å². The van der Waals surface area contributed by atoms with E-state index in [1.54, 1.807) is 6.92 Å². The number of nitro groups is 1. The molecule has 0 aliphatic carbocycles. The Hall–Kier alpha value is -2.13. The second-order valence-electron chi connectivity index (χ2n) is 3.80. The van der Waals surface area contributed by atoms with E-state index in [9.17, 15) is 18.5 Å². The zero-order valence-electron chi connectivity index (χ0n) is 10.0. The van der Waals surface area contributed by atoms with Crippen molar-refractivity contribution in [1.29, 1.82) is 0 Å². The first-order valence-electron chi connectivity index (χ1n) is 5.20. The Morgan fingerprint density at radius 2 is 2.10 bits per heavy atom. The Morgan fingerprint density at radius 3 is 2.60 bits per heavy atom. The van der Waals surface area contributed by atoms with Gasteiger partial charge in [-0.2, -0.15) is 0 Å². The number of rotatable bonds is 4. The smallest absolute Gasteiger partial charge is 0.271 e. The molecule has 2 rings (SSSR count). The standard InChI is InChI=1S/C10H8ClN3O5S/c1-6-4-10(12-19-6)13-20(17,18)9-3-2-7(14(15)16)5-8(9)11/h2-5H,1H3,(H,12,13). The van der Waals surface area contributed by atoms with E-state index in [-0.39, 0.29) is 21.4 Å². The van der Waals surface area contributed by atoms with Crippen LogP contribution in [0, 0.1) is 17.0 Å². The van der Waals surface area contributed by atoms with E-state index in [1.807, 2.05) is 0 Å². The first-order chi connectivity index (χ1) is 9.29. The van der Waals surface area contributed by atoms with Crippen LogP contribution in [-0.4, -0.2) is 18.5 Å². The molecule has 0 fully saturated rings. The number of nitrogens with zero attached hydrogens (tertiary/aromatic N) is 2. The largest absolute Gasteiger partial charge is 0.360 e. The molecule has 8 nitrogen and oxygen atoms in total. The van der Waals surface area contributed by atoms with Crippen LogP contribution < -0.4 is 4.72 Å². The molecule has 0 aliphatic heterocycles. The van der Waals surface area contributed by atoms with E-state index in [0.717, 1.165) is 18.2 Å². The lowest BCUT2D eigenvalue weighted by atomic mass is 10.3. The van der Waals surface area contributed by atoms with Gasteiger partial charge in [0, 0.05) is 18.2 Å². The van der Waals surface area contributed by atoms with Crippen LogP contribution in [-0.2, 0) is 10.0 Å². The van der Waals surface area contributed by atoms with Gasteiger partial charge in [-0.05, 0) is 13.0 Å². The van der Waals surface area contributed by atoms with Crippen LogP contribution in [0.15, 0.2) is 33.7 Å². The third-order valence-corrected chi connectivity index (χ3v) is 4.12. The van der Waals surface area contributed by atoms with Crippen LogP contribution in [0.1, 0.15) is 5.76 Å². The minimum atomic E-state index is -4.00. The minimum Gasteiger partial charge on any atom is -0.360 e. The fourth-order valence-electron chi connectivity index (χ4n) is 1.43. The molecule has 1 aromatic carbocycles. The van der Waals surface area contributed by atoms with Crippen LogP contribution in [0.4, 0.5) is 11.5 Å². The quantitative estimate of drug-likeness (QED) is 0.683. The minimum absolute atomic E-state index is 0.00285. The molecule has 10 heteroatoms. The van der Waals surface area contributed by atoms with Crippen LogP contribution in [0.3, 0.4) is 0 Å². The number of nitrogens with one attached hydrogen (secondary N) is 1. The second-order valence-corrected chi connectivity index (χ2v) is 5.86. The molecule has 1 heterocycles. The molecule has 0 atom stereocenters. The lowest BCUT2D eigenvalue weighted by molar-refractivity contribution is -0.384. The highest BCUT2D eigenvalue weighted by Crippen LogP contribution is 2.27. The summed E-state index contributed by atoms with van der Waals surface area (Å²) in [6.07, 6.45) is 0. The molecule has 0 aliphatic rings. The maximum atomic E-state index is 12.1. The number of sulfonamides is 1. The van der Waals surface area contributed by atoms with Gasteiger partial charge in [-0.3, -0.25) is 14.8 Å². The first-order valence-corrected chi connectivity index (χ1v) is 7.06. The Bertz CT molecular complexity index is 771. The predicted octanol–water partition coefficient (Wildman–Crippen LogP) is 2.35. The maximum Gasteiger partial charge on any atom is 0.271 e. The third-order valence-electron chi connectivity index (χ3n) is 2.28. The molecule has 2 aromatic rings. The van der Waals surface area contributed by atoms with Crippen molar-refractivity contribution < 1.29 is 17.9 Å². The number of non-ortho nitro benzene ring substituents is 1. The molecule has 0 bridgehead atoms. The van der Waals surface area contributed by atoms with Crippen LogP contribution in [0.2, 0.25) is 5.02 Å². The number of halogens is 1. The summed E-state index contributed by atoms with van der Waals surface area (Å²) in [6, 6.07) is 4.45. The summed E-state index contributed by atoms with van der Waals surface area (Å²) in [5.74, 6) is 0.425. The Morgan fingerprint density at radius 1 is 1.40 bits per heavy atom. The van der Waals surface area contributed by atoms with Crippen LogP contribution in [0.5, 0.6) is 0 Å². The summed E-state index contributed by atoms with van der Waals surface area (Å²) in [6.45, 7) is 1.60. The molecule has 1 N–H and O–H groups in total. The van der Waals surface area contributed by atoms with Gasteiger partial charge in [0.1, 0.15) is 10.7 Å². The topological polar surface area (TPSA) is 115 Å². The number of nitro benzene ring substituents is 1. The zero-order valence-corrected chi connectivity index (χ0v) is 11.6. The first kappa shape index (κ1) is 14.3. The average molecular weight is 318 g/mol. The van der Waals surface area contributed by atoms with Gasteiger partial charge in [0.2, 0.25) is 0 Å². The molecule has 0 saturated carbocycles. The number of hydrogen-bond acceptors (Lipinski definition) is 6. The molecule has 0 amide bonds. The van der Waals surface area contributed by atoms with Gasteiger partial charge in [0.05, 0.1) is 9.95 Å². The Kier molecular flexibility index (Phi) is 3.64. The average Bonchev–Trinajstić information content (AvgIpc) is 2.73. The molecule has 0 radical (unpaired) electrons. The molecule has 1 aromatic heterocycles. The lowest BCUT2D eigenvalue weighted by Gasteiger charge is -2.06. The summed E-state index contributed by atoms with van der Waals surface area (Å²) >= 11 is 5.76. The van der Waals surface area contributed by atoms with Crippen molar-refractivity contribution in [2.75, 3.05) is 4.72 Å². The lowest BCUT2D eigenvalue weighted by Crippen LogP contribution is -2.13. The van der Waals surface area contributed by atoms with Gasteiger partial charge < -0.3 is 4.52 Å². The summed E-state index contributed by atoms with van der Waals surface area (Å²) in [5, 5.41) is 13.8. The fourth-order valence-corrected chi connectivity index (χ4v) is 2.95. The normalized spacial score (nSPS) is 11.3. The maximum absolute atomic E-state index is 12.1. The van der Waals surface area contributed by atoms with Crippen LogP contribution >= 0.6 is 11.6 Å². The number of benzene rings is 1. The van der Waals surface area contributed by atoms with Crippen molar-refractivity contribution in [3.8, 4) is 0 Å². The van der Waals surface area contributed by atoms with Gasteiger partial charge >= 0.3 is 0 Å². The van der Waals surface area contributed by atoms with Crippen LogP contribution in [0.25, 0.3) is 0 Å². The summed E-state index contributed by atoms with van der Waals surface area (Å²) in [4.78, 5) is 9.61.